The molecule has 8 rings (SSSR count). The van der Waals surface area contributed by atoms with Gasteiger partial charge in [0.25, 0.3) is 0 Å². The third kappa shape index (κ3) is 21.6. The minimum Gasteiger partial charge on any atom is -0.463 e. The maximum Gasteiger partial charge on any atom is 0.316 e. The molecule has 7 aliphatic heterocycles. The maximum absolute atomic E-state index is 14.3. The lowest BCUT2D eigenvalue weighted by atomic mass is 9.71. The van der Waals surface area contributed by atoms with E-state index in [-0.39, 0.29) is 42.7 Å². The van der Waals surface area contributed by atoms with Gasteiger partial charge < -0.3 is 91.5 Å². The number of aliphatic hydroxyl groups is 4. The molecular weight excluding hydrogens is 1360 g/mol. The molecule has 2 bridgehead atoms. The molecule has 0 aromatic carbocycles. The van der Waals surface area contributed by atoms with Gasteiger partial charge in [0.1, 0.15) is 80.4 Å². The van der Waals surface area contributed by atoms with E-state index in [2.05, 4.69) is 39.8 Å². The first-order valence-electron chi connectivity index (χ1n) is 34.1. The summed E-state index contributed by atoms with van der Waals surface area (Å²) in [5.41, 5.74) is 0.134. The molecule has 36 nitrogen and oxygen atoms in total. The van der Waals surface area contributed by atoms with E-state index in [0.717, 1.165) is 12.0 Å². The van der Waals surface area contributed by atoms with Gasteiger partial charge in [0.15, 0.2) is 43.0 Å². The van der Waals surface area contributed by atoms with Crippen LogP contribution in [0.4, 0.5) is 0 Å². The van der Waals surface area contributed by atoms with E-state index in [1.807, 2.05) is 32.1 Å². The normalized spacial score (nSPS) is 37.1. The number of allylic oxidation sites excluding steroid dienone is 2. The van der Waals surface area contributed by atoms with Gasteiger partial charge in [-0.1, -0.05) is 70.6 Å². The summed E-state index contributed by atoms with van der Waals surface area (Å²) in [6, 6.07) is 0. The van der Waals surface area contributed by atoms with Crippen LogP contribution < -0.4 is 0 Å². The van der Waals surface area contributed by atoms with Crippen LogP contribution in [-0.2, 0) is 95.0 Å². The van der Waals surface area contributed by atoms with Crippen LogP contribution in [0.15, 0.2) is 59.3 Å². The lowest BCUT2D eigenvalue weighted by molar-refractivity contribution is -0.479. The van der Waals surface area contributed by atoms with Crippen molar-refractivity contribution in [1.29, 1.82) is 0 Å². The third-order valence-electron chi connectivity index (χ3n) is 19.3. The van der Waals surface area contributed by atoms with Crippen molar-refractivity contribution in [2.45, 2.75) is 248 Å². The summed E-state index contributed by atoms with van der Waals surface area (Å²) in [4.78, 5) is 102. The largest absolute Gasteiger partial charge is 0.463 e. The van der Waals surface area contributed by atoms with Gasteiger partial charge in [-0.05, 0) is 62.8 Å². The van der Waals surface area contributed by atoms with Gasteiger partial charge in [-0.15, -0.1) is 0 Å². The Balaban J connectivity index is 0.000000317. The lowest BCUT2D eigenvalue weighted by Crippen LogP contribution is -2.62. The first-order valence-corrected chi connectivity index (χ1v) is 34.1. The average Bonchev–Trinajstić information content (AvgIpc) is 1.53. The number of ether oxygens (including phenoxy) is 15. The molecule has 25 unspecified atom stereocenters. The number of hydrogen-bond donors (Lipinski definition) is 4. The van der Waals surface area contributed by atoms with E-state index < -0.39 is 224 Å². The third-order valence-corrected chi connectivity index (χ3v) is 19.3. The second kappa shape index (κ2) is 37.2. The quantitative estimate of drug-likeness (QED) is 0.0335. The van der Waals surface area contributed by atoms with Crippen LogP contribution in [-0.4, -0.2) is 251 Å². The molecule has 36 heteroatoms. The van der Waals surface area contributed by atoms with Crippen molar-refractivity contribution in [3.8, 4) is 0 Å². The van der Waals surface area contributed by atoms with Crippen molar-refractivity contribution in [1.82, 2.24) is 0 Å². The Hall–Kier alpha value is -6.91. The fourth-order valence-corrected chi connectivity index (χ4v) is 13.6. The number of nitrogens with zero attached hydrogens (tertiary/aromatic N) is 4. The molecule has 102 heavy (non-hydrogen) atoms. The zero-order valence-corrected chi connectivity index (χ0v) is 58.6. The van der Waals surface area contributed by atoms with Crippen LogP contribution in [0.25, 0.3) is 0 Å². The summed E-state index contributed by atoms with van der Waals surface area (Å²) in [5.74, 6) is -7.63. The fourth-order valence-electron chi connectivity index (χ4n) is 13.6. The highest BCUT2D eigenvalue weighted by atomic mass is 16.7. The highest BCUT2D eigenvalue weighted by molar-refractivity contribution is 5.79. The van der Waals surface area contributed by atoms with E-state index in [0.29, 0.717) is 43.3 Å². The molecule has 5 fully saturated rings. The van der Waals surface area contributed by atoms with Crippen LogP contribution in [0.1, 0.15) is 120 Å². The van der Waals surface area contributed by atoms with E-state index in [4.69, 9.17) is 71.1 Å². The van der Waals surface area contributed by atoms with Gasteiger partial charge in [-0.3, -0.25) is 64.4 Å². The molecule has 8 aliphatic rings. The molecule has 572 valence electrons. The second-order valence-corrected chi connectivity index (χ2v) is 26.8. The molecule has 1 aliphatic carbocycles. The summed E-state index contributed by atoms with van der Waals surface area (Å²) < 4.78 is 88.7. The monoisotopic (exact) mass is 1460 g/mol. The SMILES string of the molecule is CCC(C)C1OC2(C=CC1C)CC1CC(CC=C(C)C(OC3CC(OC)C(OC4CC(OC)C(O)C(C)O4)C(C)O3)C(C)C=CC=C3COC4C(O)C(C)=CC(C(=O)O1)C34O)O2.O=C(CC[N+](=O)[O-])OCC1OC(O)C(OC(=O)CC[N+](=O)[O-])C(OC(=O)CC[N+](=O)[O-])C1OC(=O)CC[N+](=O)[O-]. The minimum atomic E-state index is -2.22. The predicted octanol–water partition coefficient (Wildman–Crippen LogP) is 3.03. The van der Waals surface area contributed by atoms with Gasteiger partial charge in [0.05, 0.1) is 49.3 Å². The van der Waals surface area contributed by atoms with Crippen molar-refractivity contribution >= 4 is 29.8 Å². The van der Waals surface area contributed by atoms with E-state index in [1.54, 1.807) is 40.2 Å². The van der Waals surface area contributed by atoms with Crippen LogP contribution in [0.3, 0.4) is 0 Å². The molecule has 0 aromatic rings. The van der Waals surface area contributed by atoms with Gasteiger partial charge in [-0.25, -0.2) is 0 Å². The summed E-state index contributed by atoms with van der Waals surface area (Å²) in [7, 11) is 3.22. The molecule has 4 N–H and O–H groups in total. The van der Waals surface area contributed by atoms with E-state index in [9.17, 15) is 84.9 Å². The molecule has 0 saturated carbocycles. The molecule has 1 spiro atoms. The van der Waals surface area contributed by atoms with Gasteiger partial charge in [0, 0.05) is 71.4 Å². The first-order chi connectivity index (χ1) is 48.2. The van der Waals surface area contributed by atoms with Crippen LogP contribution in [0.5, 0.6) is 0 Å². The highest BCUT2D eigenvalue weighted by Crippen LogP contribution is 2.47. The zero-order chi connectivity index (χ0) is 75.1. The molecule has 5 saturated heterocycles. The Kier molecular flexibility index (Phi) is 30.0. The Labute approximate surface area is 587 Å². The average molecular weight is 1460 g/mol. The Bertz CT molecular complexity index is 3110. The first kappa shape index (κ1) is 82.4. The maximum atomic E-state index is 14.3. The summed E-state index contributed by atoms with van der Waals surface area (Å²) >= 11 is 0. The number of carbonyl (C=O) groups excluding carboxylic acids is 5. The van der Waals surface area contributed by atoms with Gasteiger partial charge in [-0.2, -0.15) is 0 Å². The van der Waals surface area contributed by atoms with Gasteiger partial charge >= 0.3 is 29.8 Å². The number of esters is 5. The standard InChI is InChI=1S/C48H72O14.C18H24N4O18/c1-11-25(2)43-28(5)17-18-47(62-43)23-34-20-33(61-47)16-15-27(4)42(26(3)13-12-14-32-24-55-45-40(49)29(6)19-35(46(51)58-34)48(32,45)52)59-39-22-37(54-10)44(31(8)57-39)60-38-21-36(53-9)41(50)30(7)56-38;23-11(1-5-19(28)29)36-9-10-15(38-12(24)2-6-20(30)31)16(39-13(25)3-7-21(32)33)17(18(27)37-10)40-14(26)4-8-22(34)35/h12-15,17-19,25-26,28,30-31,33-45,49-50,52H,11,16,20-24H2,1-10H3;10,15-18,27H,1-9H2. The van der Waals surface area contributed by atoms with E-state index in [1.165, 1.54) is 0 Å². The minimum absolute atomic E-state index is 0.0317. The topological polar surface area (TPSA) is 477 Å². The van der Waals surface area contributed by atoms with Crippen molar-refractivity contribution in [3.63, 3.8) is 0 Å². The summed E-state index contributed by atoms with van der Waals surface area (Å²) in [6.45, 7) is 11.6. The predicted molar refractivity (Wildman–Crippen MR) is 345 cm³/mol. The second-order valence-electron chi connectivity index (χ2n) is 26.8. The van der Waals surface area contributed by atoms with Crippen molar-refractivity contribution in [2.75, 3.05) is 53.6 Å². The molecule has 25 atom stereocenters. The molecule has 0 radical (unpaired) electrons. The summed E-state index contributed by atoms with van der Waals surface area (Å²) in [5, 5.41) is 86.9. The number of fused-ring (bicyclic) bond motifs is 2. The van der Waals surface area contributed by atoms with Gasteiger partial charge in [0.2, 0.25) is 26.2 Å². The molecule has 0 amide bonds. The number of nitro groups is 4. The number of rotatable bonds is 25. The Morgan fingerprint density at radius 2 is 1.25 bits per heavy atom. The van der Waals surface area contributed by atoms with Crippen molar-refractivity contribution in [3.05, 3.63) is 99.7 Å². The Morgan fingerprint density at radius 1 is 0.686 bits per heavy atom. The number of aliphatic hydroxyl groups excluding tert-OH is 3. The number of carbonyl (C=O) groups is 5. The Morgan fingerprint density at radius 3 is 1.85 bits per heavy atom. The number of hydrogen-bond acceptors (Lipinski definition) is 32. The molecular formula is C66H96N4O32. The lowest BCUT2D eigenvalue weighted by Gasteiger charge is -2.48. The zero-order valence-electron chi connectivity index (χ0n) is 58.6. The molecule has 7 heterocycles. The number of methoxy groups -OCH3 is 2. The smallest absolute Gasteiger partial charge is 0.316 e. The van der Waals surface area contributed by atoms with Crippen LogP contribution >= 0.6 is 0 Å². The summed E-state index contributed by atoms with van der Waals surface area (Å²) in [6.07, 6.45) is -4.63. The van der Waals surface area contributed by atoms with Crippen molar-refractivity contribution < 1.29 is 135 Å². The molecule has 0 aromatic heterocycles. The van der Waals surface area contributed by atoms with E-state index >= 15 is 0 Å². The van der Waals surface area contributed by atoms with Crippen molar-refractivity contribution in [2.24, 2.45) is 23.7 Å². The fraction of sp³-hybridized carbons (Fsp3) is 0.773. The highest BCUT2D eigenvalue weighted by Gasteiger charge is 2.61. The van der Waals surface area contributed by atoms with Crippen LogP contribution in [0.2, 0.25) is 0 Å². The van der Waals surface area contributed by atoms with Crippen LogP contribution in [0, 0.1) is 64.1 Å².